The number of sulfonamides is 1. The molecule has 0 bridgehead atoms. The van der Waals surface area contributed by atoms with Crippen molar-refractivity contribution in [1.29, 1.82) is 0 Å². The number of carbonyl (C=O) groups is 1. The Morgan fingerprint density at radius 2 is 1.81 bits per heavy atom. The fourth-order valence-electron chi connectivity index (χ4n) is 2.34. The van der Waals surface area contributed by atoms with Crippen molar-refractivity contribution in [2.45, 2.75) is 30.7 Å². The zero-order valence-corrected chi connectivity index (χ0v) is 15.2. The average Bonchev–Trinajstić information content (AvgIpc) is 3.44. The van der Waals surface area contributed by atoms with Crippen LogP contribution in [0, 0.1) is 0 Å². The molecule has 0 aromatic heterocycles. The first-order valence-corrected chi connectivity index (χ1v) is 9.88. The smallest absolute Gasteiger partial charge is 0.273 e. The Morgan fingerprint density at radius 1 is 1.12 bits per heavy atom. The molecule has 0 saturated heterocycles. The summed E-state index contributed by atoms with van der Waals surface area (Å²) in [6, 6.07) is 13.2. The molecule has 1 amide bonds. The van der Waals surface area contributed by atoms with Crippen molar-refractivity contribution in [2.24, 2.45) is 0 Å². The zero-order chi connectivity index (χ0) is 18.6. The van der Waals surface area contributed by atoms with Crippen molar-refractivity contribution in [3.8, 4) is 5.75 Å². The highest BCUT2D eigenvalue weighted by molar-refractivity contribution is 7.89. The standard InChI is InChI=1S/C18H21N3O4S/c1-2-25-17-6-4-3-5-16(17)18(22)20-19-13-9-11-15(12-10-13)26(23,24)21-14-7-8-14/h3-6,9-12,14,19,21H,2,7-8H2,1H3,(H,20,22). The van der Waals surface area contributed by atoms with Gasteiger partial charge in [0, 0.05) is 6.04 Å². The first-order chi connectivity index (χ1) is 12.5. The van der Waals surface area contributed by atoms with E-state index in [0.717, 1.165) is 12.8 Å². The highest BCUT2D eigenvalue weighted by atomic mass is 32.2. The molecule has 1 saturated carbocycles. The van der Waals surface area contributed by atoms with E-state index >= 15 is 0 Å². The van der Waals surface area contributed by atoms with Gasteiger partial charge in [-0.05, 0) is 56.2 Å². The normalized spacial score (nSPS) is 13.9. The van der Waals surface area contributed by atoms with E-state index in [9.17, 15) is 13.2 Å². The summed E-state index contributed by atoms with van der Waals surface area (Å²) in [6.45, 7) is 2.31. The number of ether oxygens (including phenoxy) is 1. The summed E-state index contributed by atoms with van der Waals surface area (Å²) in [7, 11) is -3.48. The van der Waals surface area contributed by atoms with E-state index in [4.69, 9.17) is 4.74 Å². The number of para-hydroxylation sites is 1. The summed E-state index contributed by atoms with van der Waals surface area (Å²) in [6.07, 6.45) is 1.77. The van der Waals surface area contributed by atoms with Gasteiger partial charge in [0.15, 0.2) is 0 Å². The second-order valence-electron chi connectivity index (χ2n) is 5.93. The fourth-order valence-corrected chi connectivity index (χ4v) is 3.64. The van der Waals surface area contributed by atoms with Crippen molar-refractivity contribution in [3.63, 3.8) is 0 Å². The lowest BCUT2D eigenvalue weighted by molar-refractivity contribution is 0.0959. The Morgan fingerprint density at radius 3 is 2.46 bits per heavy atom. The molecule has 0 aliphatic heterocycles. The van der Waals surface area contributed by atoms with Crippen LogP contribution in [0.1, 0.15) is 30.1 Å². The number of benzene rings is 2. The predicted molar refractivity (Wildman–Crippen MR) is 98.5 cm³/mol. The molecule has 8 heteroatoms. The molecule has 2 aromatic carbocycles. The van der Waals surface area contributed by atoms with Crippen LogP contribution in [0.25, 0.3) is 0 Å². The van der Waals surface area contributed by atoms with Crippen LogP contribution in [-0.4, -0.2) is 27.0 Å². The highest BCUT2D eigenvalue weighted by Crippen LogP contribution is 2.23. The average molecular weight is 375 g/mol. The van der Waals surface area contributed by atoms with Crippen LogP contribution < -0.4 is 20.3 Å². The van der Waals surface area contributed by atoms with Gasteiger partial charge in [0.2, 0.25) is 10.0 Å². The summed E-state index contributed by atoms with van der Waals surface area (Å²) in [5.74, 6) is 0.156. The number of hydrogen-bond donors (Lipinski definition) is 3. The molecule has 0 heterocycles. The van der Waals surface area contributed by atoms with Gasteiger partial charge in [0.05, 0.1) is 22.8 Å². The van der Waals surface area contributed by atoms with Crippen molar-refractivity contribution in [2.75, 3.05) is 12.0 Å². The van der Waals surface area contributed by atoms with Crippen molar-refractivity contribution >= 4 is 21.6 Å². The Balaban J connectivity index is 1.62. The summed E-state index contributed by atoms with van der Waals surface area (Å²) in [5, 5.41) is 0. The van der Waals surface area contributed by atoms with Crippen LogP contribution in [-0.2, 0) is 10.0 Å². The Hall–Kier alpha value is -2.58. The van der Waals surface area contributed by atoms with Gasteiger partial charge in [-0.3, -0.25) is 15.6 Å². The van der Waals surface area contributed by atoms with Crippen LogP contribution in [0.5, 0.6) is 5.75 Å². The zero-order valence-electron chi connectivity index (χ0n) is 14.4. The van der Waals surface area contributed by atoms with Gasteiger partial charge in [-0.15, -0.1) is 0 Å². The number of hydrogen-bond acceptors (Lipinski definition) is 5. The number of carbonyl (C=O) groups excluding carboxylic acids is 1. The van der Waals surface area contributed by atoms with E-state index < -0.39 is 10.0 Å². The lowest BCUT2D eigenvalue weighted by atomic mass is 10.2. The van der Waals surface area contributed by atoms with Gasteiger partial charge in [-0.1, -0.05) is 12.1 Å². The van der Waals surface area contributed by atoms with Gasteiger partial charge in [0.25, 0.3) is 5.91 Å². The molecule has 0 atom stereocenters. The highest BCUT2D eigenvalue weighted by Gasteiger charge is 2.27. The first-order valence-electron chi connectivity index (χ1n) is 8.40. The summed E-state index contributed by atoms with van der Waals surface area (Å²) >= 11 is 0. The van der Waals surface area contributed by atoms with Crippen molar-refractivity contribution in [3.05, 3.63) is 54.1 Å². The van der Waals surface area contributed by atoms with Gasteiger partial charge < -0.3 is 4.74 Å². The van der Waals surface area contributed by atoms with E-state index in [1.54, 1.807) is 36.4 Å². The van der Waals surface area contributed by atoms with Gasteiger partial charge >= 0.3 is 0 Å². The second kappa shape index (κ2) is 7.76. The Kier molecular flexibility index (Phi) is 5.43. The third-order valence-electron chi connectivity index (χ3n) is 3.82. The minimum atomic E-state index is -3.48. The molecule has 26 heavy (non-hydrogen) atoms. The molecule has 138 valence electrons. The monoisotopic (exact) mass is 375 g/mol. The third kappa shape index (κ3) is 4.53. The Labute approximate surface area is 152 Å². The maximum absolute atomic E-state index is 12.3. The number of amides is 1. The molecule has 0 radical (unpaired) electrons. The van der Waals surface area contributed by atoms with Gasteiger partial charge in [0.1, 0.15) is 5.75 Å². The molecule has 7 nitrogen and oxygen atoms in total. The van der Waals surface area contributed by atoms with Crippen LogP contribution >= 0.6 is 0 Å². The van der Waals surface area contributed by atoms with Crippen LogP contribution in [0.2, 0.25) is 0 Å². The van der Waals surface area contributed by atoms with Gasteiger partial charge in [-0.25, -0.2) is 13.1 Å². The summed E-state index contributed by atoms with van der Waals surface area (Å²) in [5.41, 5.74) is 6.33. The molecule has 3 N–H and O–H groups in total. The molecule has 0 spiro atoms. The van der Waals surface area contributed by atoms with Gasteiger partial charge in [-0.2, -0.15) is 0 Å². The number of nitrogens with one attached hydrogen (secondary N) is 3. The molecular weight excluding hydrogens is 354 g/mol. The number of rotatable bonds is 8. The number of hydrazine groups is 1. The molecule has 0 unspecified atom stereocenters. The first kappa shape index (κ1) is 18.2. The third-order valence-corrected chi connectivity index (χ3v) is 5.35. The lowest BCUT2D eigenvalue weighted by Gasteiger charge is -2.12. The van der Waals surface area contributed by atoms with Crippen LogP contribution in [0.15, 0.2) is 53.4 Å². The van der Waals surface area contributed by atoms with E-state index in [0.29, 0.717) is 23.6 Å². The summed E-state index contributed by atoms with van der Waals surface area (Å²) < 4.78 is 32.3. The second-order valence-corrected chi connectivity index (χ2v) is 7.64. The maximum atomic E-state index is 12.3. The Bertz CT molecular complexity index is 878. The van der Waals surface area contributed by atoms with Crippen molar-refractivity contribution < 1.29 is 17.9 Å². The fraction of sp³-hybridized carbons (Fsp3) is 0.278. The minimum Gasteiger partial charge on any atom is -0.493 e. The SMILES string of the molecule is CCOc1ccccc1C(=O)NNc1ccc(S(=O)(=O)NC2CC2)cc1. The number of anilines is 1. The lowest BCUT2D eigenvalue weighted by Crippen LogP contribution is -2.30. The molecule has 1 aliphatic rings. The maximum Gasteiger partial charge on any atom is 0.273 e. The quantitative estimate of drug-likeness (QED) is 0.615. The van der Waals surface area contributed by atoms with E-state index in [1.165, 1.54) is 12.1 Å². The van der Waals surface area contributed by atoms with E-state index in [1.807, 2.05) is 6.92 Å². The molecule has 1 fully saturated rings. The predicted octanol–water partition coefficient (Wildman–Crippen LogP) is 2.28. The largest absolute Gasteiger partial charge is 0.493 e. The molecule has 2 aromatic rings. The summed E-state index contributed by atoms with van der Waals surface area (Å²) in [4.78, 5) is 12.5. The van der Waals surface area contributed by atoms with E-state index in [-0.39, 0.29) is 16.8 Å². The topological polar surface area (TPSA) is 96.5 Å². The van der Waals surface area contributed by atoms with Crippen molar-refractivity contribution in [1.82, 2.24) is 10.1 Å². The molecule has 1 aliphatic carbocycles. The minimum absolute atomic E-state index is 0.0579. The molecular formula is C18H21N3O4S. The molecule has 3 rings (SSSR count). The van der Waals surface area contributed by atoms with Crippen LogP contribution in [0.3, 0.4) is 0 Å². The van der Waals surface area contributed by atoms with Crippen LogP contribution in [0.4, 0.5) is 5.69 Å². The van der Waals surface area contributed by atoms with E-state index in [2.05, 4.69) is 15.6 Å².